The Morgan fingerprint density at radius 2 is 2.24 bits per heavy atom. The average molecular weight is 288 g/mol. The van der Waals surface area contributed by atoms with Crippen LogP contribution in [0.5, 0.6) is 0 Å². The summed E-state index contributed by atoms with van der Waals surface area (Å²) in [5.74, 6) is -0.684. The monoisotopic (exact) mass is 288 g/mol. The van der Waals surface area contributed by atoms with Crippen molar-refractivity contribution >= 4 is 0 Å². The molecular weight excluding hydrogens is 268 g/mol. The highest BCUT2D eigenvalue weighted by Crippen LogP contribution is 2.40. The lowest BCUT2D eigenvalue weighted by Gasteiger charge is -2.40. The largest absolute Gasteiger partial charge is 0.359 e. The first-order valence-electron chi connectivity index (χ1n) is 7.25. The summed E-state index contributed by atoms with van der Waals surface area (Å²) >= 11 is 0. The summed E-state index contributed by atoms with van der Waals surface area (Å²) in [7, 11) is 1.59. The molecule has 5 heteroatoms. The lowest BCUT2D eigenvalue weighted by Crippen LogP contribution is -2.49. The van der Waals surface area contributed by atoms with Crippen LogP contribution in [0.15, 0.2) is 30.3 Å². The summed E-state index contributed by atoms with van der Waals surface area (Å²) in [6, 6.07) is 12.5. The van der Waals surface area contributed by atoms with Gasteiger partial charge in [0.2, 0.25) is 0 Å². The maximum absolute atomic E-state index is 9.51. The molecule has 0 radical (unpaired) electrons. The molecule has 4 rings (SSSR count). The Morgan fingerprint density at radius 1 is 1.43 bits per heavy atom. The van der Waals surface area contributed by atoms with Gasteiger partial charge in [-0.3, -0.25) is 4.90 Å². The van der Waals surface area contributed by atoms with Gasteiger partial charge in [0.05, 0.1) is 18.7 Å². The van der Waals surface area contributed by atoms with Crippen molar-refractivity contribution in [3.63, 3.8) is 0 Å². The summed E-state index contributed by atoms with van der Waals surface area (Å²) in [6.07, 6.45) is 1.33. The molecule has 3 aliphatic rings. The molecule has 4 atom stereocenters. The normalized spacial score (nSPS) is 35.1. The standard InChI is InChI=1S/C16H20N2O3/c1-19-12-21-16-7-8-18(14(9-16)10-17)15(11-20-16)13-5-3-2-4-6-13/h2-6,14-15H,7-9,11-12H2,1H3/t14-,15-,16?/m0/s1. The van der Waals surface area contributed by atoms with Gasteiger partial charge in [0.25, 0.3) is 0 Å². The van der Waals surface area contributed by atoms with Crippen molar-refractivity contribution in [1.82, 2.24) is 4.90 Å². The van der Waals surface area contributed by atoms with Crippen molar-refractivity contribution in [2.75, 3.05) is 27.1 Å². The van der Waals surface area contributed by atoms with E-state index in [9.17, 15) is 5.26 Å². The Kier molecular flexibility index (Phi) is 4.22. The molecule has 5 nitrogen and oxygen atoms in total. The molecule has 0 aliphatic carbocycles. The second-order valence-electron chi connectivity index (χ2n) is 5.54. The molecule has 2 unspecified atom stereocenters. The first-order valence-corrected chi connectivity index (χ1v) is 7.25. The van der Waals surface area contributed by atoms with Crippen LogP contribution in [0.3, 0.4) is 0 Å². The summed E-state index contributed by atoms with van der Waals surface area (Å²) in [6.45, 7) is 1.52. The fraction of sp³-hybridized carbons (Fsp3) is 0.562. The number of nitriles is 1. The summed E-state index contributed by atoms with van der Waals surface area (Å²) < 4.78 is 16.9. The summed E-state index contributed by atoms with van der Waals surface area (Å²) in [5, 5.41) is 9.51. The van der Waals surface area contributed by atoms with Gasteiger partial charge in [-0.1, -0.05) is 30.3 Å². The number of hydrogen-bond donors (Lipinski definition) is 0. The molecule has 0 amide bonds. The maximum Gasteiger partial charge on any atom is 0.174 e. The third kappa shape index (κ3) is 2.81. The third-order valence-corrected chi connectivity index (χ3v) is 4.33. The molecular formula is C16H20N2O3. The minimum atomic E-state index is -0.684. The molecule has 0 saturated carbocycles. The SMILES string of the molecule is COCOC12CCN([C@H](C#N)C1)[C@H](c1ccccc1)CO2. The van der Waals surface area contributed by atoms with E-state index in [1.54, 1.807) is 7.11 Å². The highest BCUT2D eigenvalue weighted by atomic mass is 16.8. The predicted octanol–water partition coefficient (Wildman–Crippen LogP) is 2.06. The van der Waals surface area contributed by atoms with E-state index in [1.807, 2.05) is 18.2 Å². The van der Waals surface area contributed by atoms with Crippen LogP contribution < -0.4 is 0 Å². The van der Waals surface area contributed by atoms with Crippen LogP contribution in [0.4, 0.5) is 0 Å². The van der Waals surface area contributed by atoms with Gasteiger partial charge in [-0.2, -0.15) is 5.26 Å². The molecule has 3 aliphatic heterocycles. The van der Waals surface area contributed by atoms with Gasteiger partial charge in [0.1, 0.15) is 12.8 Å². The van der Waals surface area contributed by atoms with Crippen LogP contribution in [-0.4, -0.2) is 43.8 Å². The smallest absolute Gasteiger partial charge is 0.174 e. The average Bonchev–Trinajstić information content (AvgIpc) is 2.82. The van der Waals surface area contributed by atoms with Gasteiger partial charge in [0.15, 0.2) is 5.79 Å². The van der Waals surface area contributed by atoms with E-state index in [1.165, 1.54) is 5.56 Å². The van der Waals surface area contributed by atoms with Crippen LogP contribution in [0, 0.1) is 11.3 Å². The molecule has 21 heavy (non-hydrogen) atoms. The number of rotatable bonds is 4. The molecule has 1 aromatic carbocycles. The number of ether oxygens (including phenoxy) is 3. The molecule has 0 spiro atoms. The van der Waals surface area contributed by atoms with Crippen LogP contribution >= 0.6 is 0 Å². The topological polar surface area (TPSA) is 54.7 Å². The number of methoxy groups -OCH3 is 1. The number of nitrogens with zero attached hydrogens (tertiary/aromatic N) is 2. The molecule has 2 bridgehead atoms. The number of piperidine rings is 1. The van der Waals surface area contributed by atoms with E-state index in [0.29, 0.717) is 13.0 Å². The zero-order valence-electron chi connectivity index (χ0n) is 12.2. The van der Waals surface area contributed by atoms with Crippen molar-refractivity contribution < 1.29 is 14.2 Å². The van der Waals surface area contributed by atoms with E-state index in [2.05, 4.69) is 23.1 Å². The van der Waals surface area contributed by atoms with E-state index >= 15 is 0 Å². The van der Waals surface area contributed by atoms with Gasteiger partial charge < -0.3 is 14.2 Å². The van der Waals surface area contributed by atoms with Crippen molar-refractivity contribution in [3.05, 3.63) is 35.9 Å². The Labute approximate surface area is 125 Å². The van der Waals surface area contributed by atoms with Crippen LogP contribution in [0.2, 0.25) is 0 Å². The lowest BCUT2D eigenvalue weighted by molar-refractivity contribution is -0.274. The third-order valence-electron chi connectivity index (χ3n) is 4.33. The minimum absolute atomic E-state index is 0.103. The number of benzene rings is 1. The van der Waals surface area contributed by atoms with E-state index in [4.69, 9.17) is 14.2 Å². The summed E-state index contributed by atoms with van der Waals surface area (Å²) in [4.78, 5) is 2.23. The highest BCUT2D eigenvalue weighted by Gasteiger charge is 2.48. The quantitative estimate of drug-likeness (QED) is 0.794. The Balaban J connectivity index is 1.86. The highest BCUT2D eigenvalue weighted by molar-refractivity contribution is 5.21. The Morgan fingerprint density at radius 3 is 2.95 bits per heavy atom. The zero-order valence-corrected chi connectivity index (χ0v) is 12.2. The van der Waals surface area contributed by atoms with Crippen molar-refractivity contribution in [1.29, 1.82) is 5.26 Å². The molecule has 3 saturated heterocycles. The predicted molar refractivity (Wildman–Crippen MR) is 76.2 cm³/mol. The van der Waals surface area contributed by atoms with Crippen LogP contribution in [-0.2, 0) is 14.2 Å². The second kappa shape index (κ2) is 6.12. The first-order chi connectivity index (χ1) is 10.3. The van der Waals surface area contributed by atoms with Crippen molar-refractivity contribution in [2.45, 2.75) is 30.7 Å². The summed E-state index contributed by atoms with van der Waals surface area (Å²) in [5.41, 5.74) is 1.18. The van der Waals surface area contributed by atoms with Crippen LogP contribution in [0.25, 0.3) is 0 Å². The van der Waals surface area contributed by atoms with Crippen molar-refractivity contribution in [2.24, 2.45) is 0 Å². The zero-order chi connectivity index (χ0) is 14.7. The molecule has 3 fully saturated rings. The van der Waals surface area contributed by atoms with Crippen molar-refractivity contribution in [3.8, 4) is 6.07 Å². The van der Waals surface area contributed by atoms with Gasteiger partial charge in [0, 0.05) is 26.5 Å². The van der Waals surface area contributed by atoms with Gasteiger partial charge in [-0.15, -0.1) is 0 Å². The Hall–Kier alpha value is -1.45. The molecule has 1 aromatic rings. The second-order valence-corrected chi connectivity index (χ2v) is 5.54. The molecule has 0 aromatic heterocycles. The fourth-order valence-corrected chi connectivity index (χ4v) is 3.22. The Bertz CT molecular complexity index is 516. The van der Waals surface area contributed by atoms with E-state index in [0.717, 1.165) is 13.0 Å². The van der Waals surface area contributed by atoms with Gasteiger partial charge in [-0.25, -0.2) is 0 Å². The lowest BCUT2D eigenvalue weighted by atomic mass is 9.95. The number of fused-ring (bicyclic) bond motifs is 4. The van der Waals surface area contributed by atoms with E-state index in [-0.39, 0.29) is 18.9 Å². The maximum atomic E-state index is 9.51. The van der Waals surface area contributed by atoms with Gasteiger partial charge in [-0.05, 0) is 5.56 Å². The minimum Gasteiger partial charge on any atom is -0.359 e. The van der Waals surface area contributed by atoms with E-state index < -0.39 is 5.79 Å². The molecule has 112 valence electrons. The fourth-order valence-electron chi connectivity index (χ4n) is 3.22. The molecule has 3 heterocycles. The van der Waals surface area contributed by atoms with Gasteiger partial charge >= 0.3 is 0 Å². The number of hydrogen-bond acceptors (Lipinski definition) is 5. The van der Waals surface area contributed by atoms with Crippen LogP contribution in [0.1, 0.15) is 24.4 Å². The molecule has 0 N–H and O–H groups in total. The first kappa shape index (κ1) is 14.5.